The Kier molecular flexibility index (Phi) is 7.56. The van der Waals surface area contributed by atoms with E-state index in [2.05, 4.69) is 21.7 Å². The van der Waals surface area contributed by atoms with Crippen LogP contribution in [-0.4, -0.2) is 47.2 Å². The molecule has 1 saturated carbocycles. The Morgan fingerprint density at radius 3 is 2.60 bits per heavy atom. The highest BCUT2D eigenvalue weighted by Gasteiger charge is 2.47. The van der Waals surface area contributed by atoms with Crippen molar-refractivity contribution in [1.29, 1.82) is 0 Å². The number of carbonyl (C=O) groups excluding carboxylic acids is 2. The molecule has 188 valence electrons. The summed E-state index contributed by atoms with van der Waals surface area (Å²) in [6, 6.07) is 7.99. The van der Waals surface area contributed by atoms with Gasteiger partial charge in [0, 0.05) is 24.4 Å². The molecule has 10 heteroatoms. The lowest BCUT2D eigenvalue weighted by Gasteiger charge is -2.42. The average Bonchev–Trinajstić information content (AvgIpc) is 3.49. The van der Waals surface area contributed by atoms with Crippen LogP contribution in [0.2, 0.25) is 0 Å². The van der Waals surface area contributed by atoms with Gasteiger partial charge in [-0.25, -0.2) is 23.3 Å². The molecular formula is C25H29ClF2N4O3. The molecular weight excluding hydrogens is 478 g/mol. The number of pyridine rings is 1. The summed E-state index contributed by atoms with van der Waals surface area (Å²) in [6.45, 7) is 1.30. The Labute approximate surface area is 209 Å². The number of urea groups is 1. The third kappa shape index (κ3) is 4.97. The lowest BCUT2D eigenvalue weighted by molar-refractivity contribution is 0.138. The van der Waals surface area contributed by atoms with Crippen LogP contribution in [-0.2, 0) is 4.74 Å². The van der Waals surface area contributed by atoms with Crippen molar-refractivity contribution < 1.29 is 23.1 Å². The summed E-state index contributed by atoms with van der Waals surface area (Å²) in [5.74, 6) is -1.35. The minimum atomic E-state index is -1.03. The van der Waals surface area contributed by atoms with Crippen molar-refractivity contribution >= 4 is 24.5 Å². The smallest absolute Gasteiger partial charge is 0.418 e. The number of cyclic esters (lactones) is 1. The summed E-state index contributed by atoms with van der Waals surface area (Å²) >= 11 is 0. The lowest BCUT2D eigenvalue weighted by atomic mass is 9.70. The Morgan fingerprint density at radius 2 is 1.94 bits per heavy atom. The SMILES string of the molecule is Cl.O=C(N[C@@]1(C2CCC(c3ccccn3)CC2)CCNC1)N1C(=O)OC[C@@H]1c1ccc(F)c(F)c1. The number of nitrogens with zero attached hydrogens (tertiary/aromatic N) is 2. The van der Waals surface area contributed by atoms with Gasteiger partial charge in [-0.05, 0) is 74.4 Å². The maximum atomic E-state index is 13.8. The number of amides is 3. The maximum Gasteiger partial charge on any atom is 0.418 e. The molecule has 0 radical (unpaired) electrons. The van der Waals surface area contributed by atoms with E-state index in [4.69, 9.17) is 4.74 Å². The van der Waals surface area contributed by atoms with E-state index in [1.807, 2.05) is 18.3 Å². The number of imide groups is 1. The first-order chi connectivity index (χ1) is 16.5. The number of hydrogen-bond acceptors (Lipinski definition) is 5. The van der Waals surface area contributed by atoms with E-state index < -0.39 is 35.3 Å². The fraction of sp³-hybridized carbons (Fsp3) is 0.480. The van der Waals surface area contributed by atoms with Crippen LogP contribution in [0.15, 0.2) is 42.6 Å². The molecule has 3 heterocycles. The van der Waals surface area contributed by atoms with Crippen LogP contribution in [0.3, 0.4) is 0 Å². The highest BCUT2D eigenvalue weighted by molar-refractivity contribution is 5.93. The Hall–Kier alpha value is -2.78. The first kappa shape index (κ1) is 25.3. The van der Waals surface area contributed by atoms with E-state index in [0.717, 1.165) is 61.4 Å². The maximum absolute atomic E-state index is 13.8. The summed E-state index contributed by atoms with van der Waals surface area (Å²) in [5.41, 5.74) is 0.945. The van der Waals surface area contributed by atoms with Crippen molar-refractivity contribution in [3.05, 3.63) is 65.5 Å². The molecule has 2 aliphatic heterocycles. The highest BCUT2D eigenvalue weighted by Crippen LogP contribution is 2.42. The molecule has 35 heavy (non-hydrogen) atoms. The van der Waals surface area contributed by atoms with Crippen LogP contribution in [0, 0.1) is 17.6 Å². The molecule has 2 atom stereocenters. The fourth-order valence-corrected chi connectivity index (χ4v) is 5.71. The molecule has 1 aliphatic carbocycles. The molecule has 5 rings (SSSR count). The number of aromatic nitrogens is 1. The van der Waals surface area contributed by atoms with E-state index >= 15 is 0 Å². The molecule has 0 spiro atoms. The molecule has 0 unspecified atom stereocenters. The molecule has 1 aromatic heterocycles. The van der Waals surface area contributed by atoms with Gasteiger partial charge in [0.15, 0.2) is 11.6 Å². The van der Waals surface area contributed by atoms with Gasteiger partial charge in [0.25, 0.3) is 0 Å². The second kappa shape index (κ2) is 10.5. The van der Waals surface area contributed by atoms with Gasteiger partial charge < -0.3 is 15.4 Å². The second-order valence-electron chi connectivity index (χ2n) is 9.45. The van der Waals surface area contributed by atoms with Crippen LogP contribution in [0.1, 0.15) is 55.3 Å². The quantitative estimate of drug-likeness (QED) is 0.628. The highest BCUT2D eigenvalue weighted by atomic mass is 35.5. The fourth-order valence-electron chi connectivity index (χ4n) is 5.71. The first-order valence-corrected chi connectivity index (χ1v) is 11.8. The number of halogens is 3. The van der Waals surface area contributed by atoms with E-state index in [-0.39, 0.29) is 24.9 Å². The van der Waals surface area contributed by atoms with Crippen molar-refractivity contribution in [3.8, 4) is 0 Å². The Morgan fingerprint density at radius 1 is 1.14 bits per heavy atom. The molecule has 2 aromatic rings. The van der Waals surface area contributed by atoms with E-state index in [1.54, 1.807) is 0 Å². The average molecular weight is 507 g/mol. The molecule has 1 aromatic carbocycles. The molecule has 2 N–H and O–H groups in total. The number of hydrogen-bond donors (Lipinski definition) is 2. The van der Waals surface area contributed by atoms with Gasteiger partial charge >= 0.3 is 12.1 Å². The molecule has 3 amide bonds. The van der Waals surface area contributed by atoms with Gasteiger partial charge in [0.1, 0.15) is 12.6 Å². The van der Waals surface area contributed by atoms with Crippen LogP contribution in [0.5, 0.6) is 0 Å². The largest absolute Gasteiger partial charge is 0.446 e. The van der Waals surface area contributed by atoms with Gasteiger partial charge in [0.05, 0.1) is 5.54 Å². The third-order valence-electron chi connectivity index (χ3n) is 7.58. The van der Waals surface area contributed by atoms with E-state index in [0.29, 0.717) is 18.0 Å². The van der Waals surface area contributed by atoms with Gasteiger partial charge in [-0.15, -0.1) is 12.4 Å². The predicted octanol–water partition coefficient (Wildman–Crippen LogP) is 4.69. The topological polar surface area (TPSA) is 83.6 Å². The third-order valence-corrected chi connectivity index (χ3v) is 7.58. The van der Waals surface area contributed by atoms with Gasteiger partial charge in [-0.3, -0.25) is 4.98 Å². The summed E-state index contributed by atoms with van der Waals surface area (Å²) < 4.78 is 32.3. The zero-order valence-corrected chi connectivity index (χ0v) is 20.0. The summed E-state index contributed by atoms with van der Waals surface area (Å²) in [4.78, 5) is 31.3. The Balaban J connectivity index is 0.00000289. The standard InChI is InChI=1S/C25H28F2N4O3.ClH/c26-19-9-6-17(13-20(19)27)22-14-34-24(33)31(22)23(32)30-25(10-12-28-15-25)18-7-4-16(5-8-18)21-3-1-2-11-29-21;/h1-3,6,9,11,13,16,18,22,28H,4-5,7-8,10,12,14-15H2,(H,30,32);1H/t16?,18?,22-,25+;/m1./s1. The second-order valence-corrected chi connectivity index (χ2v) is 9.45. The summed E-state index contributed by atoms with van der Waals surface area (Å²) in [6.07, 6.45) is 5.66. The van der Waals surface area contributed by atoms with Crippen molar-refractivity contribution in [2.24, 2.45) is 5.92 Å². The normalized spacial score (nSPS) is 28.3. The minimum absolute atomic E-state index is 0. The van der Waals surface area contributed by atoms with Gasteiger partial charge in [-0.1, -0.05) is 12.1 Å². The van der Waals surface area contributed by atoms with Crippen molar-refractivity contribution in [2.75, 3.05) is 19.7 Å². The van der Waals surface area contributed by atoms with Crippen molar-refractivity contribution in [2.45, 2.75) is 49.6 Å². The molecule has 7 nitrogen and oxygen atoms in total. The molecule has 3 aliphatic rings. The van der Waals surface area contributed by atoms with Gasteiger partial charge in [-0.2, -0.15) is 0 Å². The predicted molar refractivity (Wildman–Crippen MR) is 127 cm³/mol. The number of carbonyl (C=O) groups is 2. The zero-order valence-electron chi connectivity index (χ0n) is 19.2. The first-order valence-electron chi connectivity index (χ1n) is 11.8. The monoisotopic (exact) mass is 506 g/mol. The van der Waals surface area contributed by atoms with Crippen LogP contribution >= 0.6 is 12.4 Å². The van der Waals surface area contributed by atoms with Crippen LogP contribution in [0.4, 0.5) is 18.4 Å². The molecule has 3 fully saturated rings. The Bertz CT molecular complexity index is 1060. The van der Waals surface area contributed by atoms with E-state index in [9.17, 15) is 18.4 Å². The molecule has 0 bridgehead atoms. The summed E-state index contributed by atoms with van der Waals surface area (Å²) in [7, 11) is 0. The van der Waals surface area contributed by atoms with Gasteiger partial charge in [0.2, 0.25) is 0 Å². The lowest BCUT2D eigenvalue weighted by Crippen LogP contribution is -2.59. The number of ether oxygens (including phenoxy) is 1. The number of benzene rings is 1. The molecule has 2 saturated heterocycles. The van der Waals surface area contributed by atoms with Crippen LogP contribution in [0.25, 0.3) is 0 Å². The van der Waals surface area contributed by atoms with E-state index in [1.165, 1.54) is 6.07 Å². The number of nitrogens with one attached hydrogen (secondary N) is 2. The zero-order chi connectivity index (χ0) is 23.7. The van der Waals surface area contributed by atoms with Crippen LogP contribution < -0.4 is 10.6 Å². The number of rotatable bonds is 4. The van der Waals surface area contributed by atoms with Crippen molar-refractivity contribution in [3.63, 3.8) is 0 Å². The summed E-state index contributed by atoms with van der Waals surface area (Å²) in [5, 5.41) is 6.52. The van der Waals surface area contributed by atoms with Crippen molar-refractivity contribution in [1.82, 2.24) is 20.5 Å². The minimum Gasteiger partial charge on any atom is -0.446 e.